The van der Waals surface area contributed by atoms with Gasteiger partial charge in [0.1, 0.15) is 23.7 Å². The molecule has 12 nitrogen and oxygen atoms in total. The molecule has 2 fully saturated rings. The highest BCUT2D eigenvalue weighted by Crippen LogP contribution is 2.34. The molecule has 3 atom stereocenters. The number of benzene rings is 1. The molecule has 1 saturated heterocycles. The van der Waals surface area contributed by atoms with Crippen molar-refractivity contribution in [1.82, 2.24) is 30.0 Å². The van der Waals surface area contributed by atoms with Crippen molar-refractivity contribution in [3.8, 4) is 17.1 Å². The molecule has 0 unspecified atom stereocenters. The minimum absolute atomic E-state index is 0.0253. The lowest BCUT2D eigenvalue weighted by molar-refractivity contribution is -0.141. The highest BCUT2D eigenvalue weighted by atomic mass is 19.3. The van der Waals surface area contributed by atoms with Crippen molar-refractivity contribution in [1.29, 1.82) is 0 Å². The lowest BCUT2D eigenvalue weighted by Gasteiger charge is -2.32. The molecule has 1 aliphatic heterocycles. The van der Waals surface area contributed by atoms with Crippen molar-refractivity contribution >= 4 is 17.6 Å². The molecule has 2 aliphatic rings. The Morgan fingerprint density at radius 1 is 1.14 bits per heavy atom. The van der Waals surface area contributed by atoms with Gasteiger partial charge < -0.3 is 25.5 Å². The second kappa shape index (κ2) is 14.8. The van der Waals surface area contributed by atoms with Crippen LogP contribution in [0.5, 0.6) is 0 Å². The number of pyridine rings is 1. The first-order valence-corrected chi connectivity index (χ1v) is 17.2. The number of hydrogen-bond donors (Lipinski definition) is 3. The molecular formula is C37H43F2N7O5. The standard InChI is InChI=1S/C37H43F2N7O5/c1-37(2,3)32(40)36(50)45-19-27(47)16-29(45)34(49)42-17-22-7-10-26(11-8-22)46-18-24(31(44-46)33(38)39)15-30(48)28-20-51-35(43-28)23-12-13-41-25(14-23)9-6-21-4-5-21/h7-8,10-14,18,20-21,27,29,32-33,47H,4-6,9,15-17,19,40H2,1-3H3,(H,42,49)/t27-,29+,32-/m1/s1. The molecular weight excluding hydrogens is 660 g/mol. The van der Waals surface area contributed by atoms with Crippen LogP contribution in [-0.4, -0.2) is 72.1 Å². The van der Waals surface area contributed by atoms with E-state index in [1.54, 1.807) is 36.5 Å². The predicted octanol–water partition coefficient (Wildman–Crippen LogP) is 4.58. The van der Waals surface area contributed by atoms with Gasteiger partial charge in [0, 0.05) is 55.1 Å². The van der Waals surface area contributed by atoms with Gasteiger partial charge in [-0.1, -0.05) is 45.7 Å². The zero-order valence-electron chi connectivity index (χ0n) is 28.9. The Morgan fingerprint density at radius 2 is 1.88 bits per heavy atom. The minimum atomic E-state index is -2.92. The van der Waals surface area contributed by atoms with E-state index in [1.165, 1.54) is 34.9 Å². The summed E-state index contributed by atoms with van der Waals surface area (Å²) in [5.41, 5.74) is 7.99. The maximum Gasteiger partial charge on any atom is 0.282 e. The number of carbonyl (C=O) groups is 3. The van der Waals surface area contributed by atoms with E-state index < -0.39 is 53.3 Å². The number of likely N-dealkylation sites (tertiary alicyclic amines) is 1. The van der Waals surface area contributed by atoms with Gasteiger partial charge >= 0.3 is 0 Å². The molecule has 2 amide bonds. The van der Waals surface area contributed by atoms with Gasteiger partial charge in [-0.2, -0.15) is 5.10 Å². The highest BCUT2D eigenvalue weighted by molar-refractivity contribution is 5.96. The maximum absolute atomic E-state index is 14.0. The Bertz CT molecular complexity index is 1880. The number of alkyl halides is 2. The van der Waals surface area contributed by atoms with Crippen LogP contribution in [-0.2, 0) is 29.0 Å². The first kappa shape index (κ1) is 36.0. The Labute approximate surface area is 294 Å². The number of ketones is 1. The smallest absolute Gasteiger partial charge is 0.282 e. The molecule has 1 aliphatic carbocycles. The zero-order chi connectivity index (χ0) is 36.4. The number of oxazole rings is 1. The second-order valence-electron chi connectivity index (χ2n) is 14.6. The summed E-state index contributed by atoms with van der Waals surface area (Å²) in [6.45, 7) is 5.66. The Balaban J connectivity index is 1.08. The van der Waals surface area contributed by atoms with Gasteiger partial charge in [-0.05, 0) is 54.0 Å². The van der Waals surface area contributed by atoms with Crippen LogP contribution in [0.4, 0.5) is 8.78 Å². The van der Waals surface area contributed by atoms with Gasteiger partial charge in [-0.15, -0.1) is 0 Å². The monoisotopic (exact) mass is 703 g/mol. The third-order valence-electron chi connectivity index (χ3n) is 9.47. The molecule has 270 valence electrons. The number of rotatable bonds is 13. The number of aliphatic hydroxyl groups is 1. The normalized spacial score (nSPS) is 18.3. The highest BCUT2D eigenvalue weighted by Gasteiger charge is 2.42. The Morgan fingerprint density at radius 3 is 2.57 bits per heavy atom. The maximum atomic E-state index is 14.0. The number of Topliss-reactive ketones (excluding diaryl/α,β-unsaturated/α-hetero) is 1. The van der Waals surface area contributed by atoms with Gasteiger partial charge in [-0.25, -0.2) is 18.4 Å². The first-order valence-electron chi connectivity index (χ1n) is 17.2. The Kier molecular flexibility index (Phi) is 10.4. The molecule has 0 spiro atoms. The summed E-state index contributed by atoms with van der Waals surface area (Å²) < 4.78 is 35.0. The summed E-state index contributed by atoms with van der Waals surface area (Å²) in [6, 6.07) is 8.68. The number of nitrogens with zero attached hydrogens (tertiary/aromatic N) is 5. The summed E-state index contributed by atoms with van der Waals surface area (Å²) in [5, 5.41) is 17.1. The fourth-order valence-corrected chi connectivity index (χ4v) is 6.11. The number of halogens is 2. The van der Waals surface area contributed by atoms with Crippen LogP contribution in [0.1, 0.15) is 85.9 Å². The number of nitrogens with two attached hydrogens (primary N) is 1. The number of aliphatic hydroxyl groups excluding tert-OH is 1. The topological polar surface area (TPSA) is 169 Å². The third kappa shape index (κ3) is 8.56. The van der Waals surface area contributed by atoms with Gasteiger partial charge in [0.15, 0.2) is 5.78 Å². The number of hydrogen-bond acceptors (Lipinski definition) is 9. The van der Waals surface area contributed by atoms with Gasteiger partial charge in [0.05, 0.1) is 17.8 Å². The minimum Gasteiger partial charge on any atom is -0.444 e. The van der Waals surface area contributed by atoms with Crippen LogP contribution in [0, 0.1) is 11.3 Å². The summed E-state index contributed by atoms with van der Waals surface area (Å²) >= 11 is 0. The number of carbonyl (C=O) groups excluding carboxylic acids is 3. The van der Waals surface area contributed by atoms with E-state index in [-0.39, 0.29) is 43.1 Å². The largest absolute Gasteiger partial charge is 0.444 e. The van der Waals surface area contributed by atoms with Crippen molar-refractivity contribution in [3.63, 3.8) is 0 Å². The van der Waals surface area contributed by atoms with Crippen LogP contribution in [0.15, 0.2) is 59.5 Å². The lowest BCUT2D eigenvalue weighted by atomic mass is 9.86. The van der Waals surface area contributed by atoms with E-state index in [4.69, 9.17) is 10.2 Å². The fraction of sp³-hybridized carbons (Fsp3) is 0.459. The molecule has 0 bridgehead atoms. The van der Waals surface area contributed by atoms with E-state index in [0.29, 0.717) is 16.8 Å². The van der Waals surface area contributed by atoms with Gasteiger partial charge in [-0.3, -0.25) is 19.4 Å². The van der Waals surface area contributed by atoms with Crippen molar-refractivity contribution in [3.05, 3.63) is 83.3 Å². The molecule has 14 heteroatoms. The molecule has 51 heavy (non-hydrogen) atoms. The number of amides is 2. The van der Waals surface area contributed by atoms with Crippen molar-refractivity contribution in [2.75, 3.05) is 6.54 Å². The van der Waals surface area contributed by atoms with E-state index in [9.17, 15) is 28.3 Å². The molecule has 4 N–H and O–H groups in total. The van der Waals surface area contributed by atoms with Crippen LogP contribution >= 0.6 is 0 Å². The van der Waals surface area contributed by atoms with Gasteiger partial charge in [0.25, 0.3) is 6.43 Å². The Hall–Kier alpha value is -4.82. The quantitative estimate of drug-likeness (QED) is 0.169. The zero-order valence-corrected chi connectivity index (χ0v) is 28.9. The molecule has 4 heterocycles. The molecule has 1 saturated carbocycles. The van der Waals surface area contributed by atoms with Crippen LogP contribution in [0.2, 0.25) is 0 Å². The average molecular weight is 704 g/mol. The third-order valence-corrected chi connectivity index (χ3v) is 9.47. The molecule has 1 aromatic carbocycles. The summed E-state index contributed by atoms with van der Waals surface area (Å²) in [4.78, 5) is 49.4. The molecule has 6 rings (SSSR count). The van der Waals surface area contributed by atoms with E-state index in [2.05, 4.69) is 20.4 Å². The number of nitrogens with one attached hydrogen (secondary N) is 1. The van der Waals surface area contributed by atoms with Gasteiger partial charge in [0.2, 0.25) is 17.7 Å². The van der Waals surface area contributed by atoms with E-state index >= 15 is 0 Å². The summed E-state index contributed by atoms with van der Waals surface area (Å²) in [6.07, 6.45) is 4.77. The number of aromatic nitrogens is 4. The lowest BCUT2D eigenvalue weighted by Crippen LogP contribution is -2.54. The van der Waals surface area contributed by atoms with Crippen molar-refractivity contribution < 1.29 is 32.7 Å². The first-order chi connectivity index (χ1) is 24.3. The second-order valence-corrected chi connectivity index (χ2v) is 14.6. The molecule has 0 radical (unpaired) electrons. The number of β-amino-alcohol motifs (C(OH)–C–C–N with tert-alkyl or cyclic N) is 1. The summed E-state index contributed by atoms with van der Waals surface area (Å²) in [5.74, 6) is -0.272. The van der Waals surface area contributed by atoms with E-state index in [1.807, 2.05) is 26.8 Å². The van der Waals surface area contributed by atoms with Crippen LogP contribution in [0.25, 0.3) is 17.1 Å². The average Bonchev–Trinajstić information content (AvgIpc) is 3.44. The van der Waals surface area contributed by atoms with E-state index in [0.717, 1.165) is 24.5 Å². The summed E-state index contributed by atoms with van der Waals surface area (Å²) in [7, 11) is 0. The van der Waals surface area contributed by atoms with Crippen LogP contribution < -0.4 is 11.1 Å². The molecule has 4 aromatic rings. The predicted molar refractivity (Wildman–Crippen MR) is 183 cm³/mol. The molecule has 3 aromatic heterocycles. The fourth-order valence-electron chi connectivity index (χ4n) is 6.11. The number of aryl methyl sites for hydroxylation is 1. The SMILES string of the molecule is CC(C)(C)[C@H](N)C(=O)N1C[C@H](O)C[C@H]1C(=O)NCc1ccc(-n2cc(CC(=O)c3coc(-c4ccnc(CCC5CC5)c4)n3)c(C(F)F)n2)cc1. The van der Waals surface area contributed by atoms with Crippen molar-refractivity contribution in [2.24, 2.45) is 17.1 Å². The van der Waals surface area contributed by atoms with Crippen LogP contribution in [0.3, 0.4) is 0 Å². The van der Waals surface area contributed by atoms with Crippen molar-refractivity contribution in [2.45, 2.75) is 90.5 Å².